The Morgan fingerprint density at radius 3 is 2.74 bits per heavy atom. The molecule has 1 N–H and O–H groups in total. The number of likely N-dealkylation sites (N-methyl/N-ethyl adjacent to an activating group) is 1. The summed E-state index contributed by atoms with van der Waals surface area (Å²) in [5, 5.41) is 3.61. The molecular weight excluding hydrogens is 234 g/mol. The van der Waals surface area contributed by atoms with Gasteiger partial charge in [-0.2, -0.15) is 0 Å². The van der Waals surface area contributed by atoms with Crippen molar-refractivity contribution in [2.24, 2.45) is 11.8 Å². The Kier molecular flexibility index (Phi) is 4.87. The normalized spacial score (nSPS) is 31.2. The van der Waals surface area contributed by atoms with Crippen LogP contribution < -0.4 is 10.1 Å². The van der Waals surface area contributed by atoms with Gasteiger partial charge in [-0.1, -0.05) is 32.9 Å². The van der Waals surface area contributed by atoms with Gasteiger partial charge in [-0.25, -0.2) is 0 Å². The number of ether oxygens (including phenoxy) is 1. The van der Waals surface area contributed by atoms with Crippen LogP contribution in [0, 0.1) is 18.8 Å². The third kappa shape index (κ3) is 3.73. The zero-order valence-corrected chi connectivity index (χ0v) is 12.6. The summed E-state index contributed by atoms with van der Waals surface area (Å²) in [5.74, 6) is 2.40. The molecule has 1 aliphatic rings. The van der Waals surface area contributed by atoms with Crippen LogP contribution in [-0.2, 0) is 0 Å². The fourth-order valence-electron chi connectivity index (χ4n) is 3.33. The maximum absolute atomic E-state index is 6.30. The lowest BCUT2D eigenvalue weighted by Crippen LogP contribution is -2.50. The Morgan fingerprint density at radius 1 is 1.26 bits per heavy atom. The second kappa shape index (κ2) is 6.42. The Labute approximate surface area is 117 Å². The molecule has 1 aromatic carbocycles. The van der Waals surface area contributed by atoms with E-state index in [1.54, 1.807) is 0 Å². The molecule has 0 aromatic heterocycles. The predicted octanol–water partition coefficient (Wildman–Crippen LogP) is 3.79. The van der Waals surface area contributed by atoms with E-state index in [-0.39, 0.29) is 6.10 Å². The highest BCUT2D eigenvalue weighted by molar-refractivity contribution is 5.27. The molecule has 2 nitrogen and oxygen atoms in total. The van der Waals surface area contributed by atoms with E-state index in [1.807, 2.05) is 0 Å². The van der Waals surface area contributed by atoms with Crippen LogP contribution >= 0.6 is 0 Å². The largest absolute Gasteiger partial charge is 0.489 e. The molecular formula is C17H27NO. The van der Waals surface area contributed by atoms with Gasteiger partial charge in [0, 0.05) is 6.04 Å². The average Bonchev–Trinajstić information content (AvgIpc) is 2.34. The zero-order chi connectivity index (χ0) is 13.8. The van der Waals surface area contributed by atoms with Gasteiger partial charge in [0.1, 0.15) is 11.9 Å². The predicted molar refractivity (Wildman–Crippen MR) is 80.6 cm³/mol. The van der Waals surface area contributed by atoms with Crippen molar-refractivity contribution in [1.29, 1.82) is 0 Å². The van der Waals surface area contributed by atoms with Gasteiger partial charge in [-0.3, -0.25) is 0 Å². The average molecular weight is 261 g/mol. The van der Waals surface area contributed by atoms with Crippen LogP contribution in [0.25, 0.3) is 0 Å². The maximum atomic E-state index is 6.30. The van der Waals surface area contributed by atoms with E-state index in [4.69, 9.17) is 4.74 Å². The van der Waals surface area contributed by atoms with E-state index in [0.29, 0.717) is 12.0 Å². The van der Waals surface area contributed by atoms with E-state index in [2.05, 4.69) is 57.3 Å². The molecule has 19 heavy (non-hydrogen) atoms. The van der Waals surface area contributed by atoms with Gasteiger partial charge in [-0.05, 0) is 55.8 Å². The van der Waals surface area contributed by atoms with Crippen molar-refractivity contribution >= 4 is 0 Å². The van der Waals surface area contributed by atoms with Crippen LogP contribution in [-0.4, -0.2) is 18.7 Å². The van der Waals surface area contributed by atoms with Crippen LogP contribution in [0.5, 0.6) is 5.75 Å². The van der Waals surface area contributed by atoms with E-state index in [1.165, 1.54) is 18.4 Å². The molecule has 1 aromatic rings. The first-order valence-corrected chi connectivity index (χ1v) is 7.56. The van der Waals surface area contributed by atoms with Crippen molar-refractivity contribution < 1.29 is 4.74 Å². The lowest BCUT2D eigenvalue weighted by molar-refractivity contribution is 0.0483. The van der Waals surface area contributed by atoms with E-state index in [9.17, 15) is 0 Å². The second-order valence-electron chi connectivity index (χ2n) is 6.12. The third-order valence-corrected chi connectivity index (χ3v) is 4.12. The first-order valence-electron chi connectivity index (χ1n) is 7.56. The quantitative estimate of drug-likeness (QED) is 0.890. The number of rotatable bonds is 4. The molecule has 0 heterocycles. The smallest absolute Gasteiger partial charge is 0.120 e. The topological polar surface area (TPSA) is 21.3 Å². The molecule has 0 bridgehead atoms. The highest BCUT2D eigenvalue weighted by atomic mass is 16.5. The van der Waals surface area contributed by atoms with Crippen LogP contribution in [0.2, 0.25) is 0 Å². The molecule has 0 radical (unpaired) electrons. The number of nitrogens with one attached hydrogen (secondary N) is 1. The van der Waals surface area contributed by atoms with Gasteiger partial charge in [-0.15, -0.1) is 0 Å². The summed E-state index contributed by atoms with van der Waals surface area (Å²) in [6, 6.07) is 8.86. The van der Waals surface area contributed by atoms with E-state index >= 15 is 0 Å². The van der Waals surface area contributed by atoms with Gasteiger partial charge < -0.3 is 10.1 Å². The molecule has 0 spiro atoms. The van der Waals surface area contributed by atoms with Gasteiger partial charge in [0.15, 0.2) is 0 Å². The molecule has 2 heteroatoms. The Bertz CT molecular complexity index is 404. The summed E-state index contributed by atoms with van der Waals surface area (Å²) >= 11 is 0. The lowest BCUT2D eigenvalue weighted by atomic mass is 9.78. The van der Waals surface area contributed by atoms with Crippen LogP contribution in [0.1, 0.15) is 39.2 Å². The summed E-state index contributed by atoms with van der Waals surface area (Å²) in [6.45, 7) is 9.97. The minimum Gasteiger partial charge on any atom is -0.489 e. The molecule has 2 rings (SSSR count). The SMILES string of the molecule is CCNC1CC(C)CC(C)C1Oc1cccc(C)c1. The van der Waals surface area contributed by atoms with Gasteiger partial charge in [0.05, 0.1) is 0 Å². The van der Waals surface area contributed by atoms with Crippen LogP contribution in [0.3, 0.4) is 0 Å². The summed E-state index contributed by atoms with van der Waals surface area (Å²) in [4.78, 5) is 0. The second-order valence-corrected chi connectivity index (χ2v) is 6.12. The lowest BCUT2D eigenvalue weighted by Gasteiger charge is -2.40. The van der Waals surface area contributed by atoms with E-state index in [0.717, 1.165) is 18.2 Å². The van der Waals surface area contributed by atoms with Gasteiger partial charge in [0.25, 0.3) is 0 Å². The van der Waals surface area contributed by atoms with Crippen molar-refractivity contribution in [2.45, 2.75) is 52.7 Å². The van der Waals surface area contributed by atoms with Crippen LogP contribution in [0.15, 0.2) is 24.3 Å². The van der Waals surface area contributed by atoms with Crippen LogP contribution in [0.4, 0.5) is 0 Å². The molecule has 4 unspecified atom stereocenters. The molecule has 0 saturated heterocycles. The number of aryl methyl sites for hydroxylation is 1. The number of hydrogen-bond donors (Lipinski definition) is 1. The van der Waals surface area contributed by atoms with Gasteiger partial charge >= 0.3 is 0 Å². The summed E-state index contributed by atoms with van der Waals surface area (Å²) in [5.41, 5.74) is 1.26. The third-order valence-electron chi connectivity index (χ3n) is 4.12. The van der Waals surface area contributed by atoms with Crippen molar-refractivity contribution in [3.63, 3.8) is 0 Å². The summed E-state index contributed by atoms with van der Waals surface area (Å²) in [6.07, 6.45) is 2.77. The molecule has 1 fully saturated rings. The fraction of sp³-hybridized carbons (Fsp3) is 0.647. The molecule has 1 saturated carbocycles. The van der Waals surface area contributed by atoms with E-state index < -0.39 is 0 Å². The fourth-order valence-corrected chi connectivity index (χ4v) is 3.33. The standard InChI is InChI=1S/C17H27NO/c1-5-18-16-11-13(3)9-14(4)17(16)19-15-8-6-7-12(2)10-15/h6-8,10,13-14,16-18H,5,9,11H2,1-4H3. The molecule has 1 aliphatic carbocycles. The first-order chi connectivity index (χ1) is 9.10. The Balaban J connectivity index is 2.10. The molecule has 4 atom stereocenters. The number of hydrogen-bond acceptors (Lipinski definition) is 2. The van der Waals surface area contributed by atoms with Crippen molar-refractivity contribution in [3.05, 3.63) is 29.8 Å². The minimum absolute atomic E-state index is 0.290. The molecule has 106 valence electrons. The monoisotopic (exact) mass is 261 g/mol. The van der Waals surface area contributed by atoms with Crippen molar-refractivity contribution in [1.82, 2.24) is 5.32 Å². The highest BCUT2D eigenvalue weighted by Gasteiger charge is 2.35. The minimum atomic E-state index is 0.290. The number of benzene rings is 1. The Hall–Kier alpha value is -1.02. The Morgan fingerprint density at radius 2 is 2.05 bits per heavy atom. The maximum Gasteiger partial charge on any atom is 0.120 e. The summed E-state index contributed by atoms with van der Waals surface area (Å²) in [7, 11) is 0. The van der Waals surface area contributed by atoms with Crippen molar-refractivity contribution in [3.8, 4) is 5.75 Å². The molecule has 0 amide bonds. The summed E-state index contributed by atoms with van der Waals surface area (Å²) < 4.78 is 6.30. The van der Waals surface area contributed by atoms with Crippen molar-refractivity contribution in [2.75, 3.05) is 6.54 Å². The first kappa shape index (κ1) is 14.4. The molecule has 0 aliphatic heterocycles. The van der Waals surface area contributed by atoms with Gasteiger partial charge in [0.2, 0.25) is 0 Å². The zero-order valence-electron chi connectivity index (χ0n) is 12.6. The highest BCUT2D eigenvalue weighted by Crippen LogP contribution is 2.32.